The van der Waals surface area contributed by atoms with Crippen molar-refractivity contribution in [2.45, 2.75) is 26.2 Å². The van der Waals surface area contributed by atoms with Crippen LogP contribution in [0, 0.1) is 0 Å². The van der Waals surface area contributed by atoms with E-state index in [1.54, 1.807) is 0 Å². The van der Waals surface area contributed by atoms with E-state index in [2.05, 4.69) is 36.1 Å². The molecule has 0 rings (SSSR count). The molecule has 3 nitrogen and oxygen atoms in total. The van der Waals surface area contributed by atoms with Crippen LogP contribution in [0.25, 0.3) is 0 Å². The highest BCUT2D eigenvalue weighted by molar-refractivity contribution is 4.59. The number of nitrogens with one attached hydrogen (secondary N) is 1. The van der Waals surface area contributed by atoms with Crippen molar-refractivity contribution < 1.29 is 0 Å². The second kappa shape index (κ2) is 10.4. The van der Waals surface area contributed by atoms with Crippen molar-refractivity contribution in [1.29, 1.82) is 0 Å². The first kappa shape index (κ1) is 14.9. The van der Waals surface area contributed by atoms with E-state index in [0.717, 1.165) is 6.54 Å². The van der Waals surface area contributed by atoms with E-state index in [-0.39, 0.29) is 0 Å². The van der Waals surface area contributed by atoms with Crippen LogP contribution < -0.4 is 5.32 Å². The quantitative estimate of drug-likeness (QED) is 0.554. The molecule has 0 aromatic heterocycles. The van der Waals surface area contributed by atoms with Crippen molar-refractivity contribution in [1.82, 2.24) is 15.1 Å². The topological polar surface area (TPSA) is 18.5 Å². The van der Waals surface area contributed by atoms with Gasteiger partial charge < -0.3 is 15.1 Å². The predicted molar refractivity (Wildman–Crippen MR) is 68.4 cm³/mol. The van der Waals surface area contributed by atoms with Crippen molar-refractivity contribution in [2.24, 2.45) is 0 Å². The van der Waals surface area contributed by atoms with Crippen molar-refractivity contribution >= 4 is 0 Å². The van der Waals surface area contributed by atoms with Crippen LogP contribution in [-0.2, 0) is 0 Å². The molecule has 0 unspecified atom stereocenters. The Morgan fingerprint density at radius 3 is 2.20 bits per heavy atom. The maximum absolute atomic E-state index is 3.20. The fourth-order valence-corrected chi connectivity index (χ4v) is 1.63. The van der Waals surface area contributed by atoms with Crippen LogP contribution in [0.3, 0.4) is 0 Å². The molecule has 92 valence electrons. The molecule has 15 heavy (non-hydrogen) atoms. The number of hydrogen-bond acceptors (Lipinski definition) is 3. The van der Waals surface area contributed by atoms with Gasteiger partial charge in [-0.05, 0) is 60.0 Å². The van der Waals surface area contributed by atoms with Crippen LogP contribution in [-0.4, -0.2) is 63.7 Å². The summed E-state index contributed by atoms with van der Waals surface area (Å²) in [5, 5.41) is 3.20. The second-order valence-corrected chi connectivity index (χ2v) is 4.46. The summed E-state index contributed by atoms with van der Waals surface area (Å²) in [6.07, 6.45) is 3.87. The van der Waals surface area contributed by atoms with Crippen LogP contribution in [0.15, 0.2) is 0 Å². The summed E-state index contributed by atoms with van der Waals surface area (Å²) in [5.74, 6) is 0. The molecule has 3 heteroatoms. The Bertz CT molecular complexity index is 126. The number of hydrogen-bond donors (Lipinski definition) is 1. The molecule has 0 radical (unpaired) electrons. The highest BCUT2D eigenvalue weighted by Gasteiger charge is 2.03. The van der Waals surface area contributed by atoms with E-state index in [9.17, 15) is 0 Å². The van der Waals surface area contributed by atoms with Gasteiger partial charge in [0.05, 0.1) is 0 Å². The van der Waals surface area contributed by atoms with Gasteiger partial charge in [-0.25, -0.2) is 0 Å². The summed E-state index contributed by atoms with van der Waals surface area (Å²) in [7, 11) is 6.31. The molecular formula is C12H29N3. The first-order valence-corrected chi connectivity index (χ1v) is 6.22. The van der Waals surface area contributed by atoms with Gasteiger partial charge in [-0.2, -0.15) is 0 Å². The van der Waals surface area contributed by atoms with E-state index in [0.29, 0.717) is 0 Å². The van der Waals surface area contributed by atoms with Crippen LogP contribution >= 0.6 is 0 Å². The third-order valence-electron chi connectivity index (χ3n) is 2.55. The molecule has 0 fully saturated rings. The summed E-state index contributed by atoms with van der Waals surface area (Å²) >= 11 is 0. The van der Waals surface area contributed by atoms with Crippen molar-refractivity contribution in [3.63, 3.8) is 0 Å². The van der Waals surface area contributed by atoms with Gasteiger partial charge in [-0.1, -0.05) is 6.92 Å². The second-order valence-electron chi connectivity index (χ2n) is 4.46. The van der Waals surface area contributed by atoms with E-state index in [4.69, 9.17) is 0 Å². The minimum Gasteiger partial charge on any atom is -0.320 e. The molecule has 0 saturated carbocycles. The lowest BCUT2D eigenvalue weighted by Crippen LogP contribution is -2.33. The zero-order valence-corrected chi connectivity index (χ0v) is 11.1. The maximum atomic E-state index is 3.20. The Morgan fingerprint density at radius 2 is 1.67 bits per heavy atom. The average molecular weight is 215 g/mol. The Hall–Kier alpha value is -0.120. The molecule has 0 spiro atoms. The van der Waals surface area contributed by atoms with E-state index in [1.165, 1.54) is 45.4 Å². The van der Waals surface area contributed by atoms with Gasteiger partial charge in [-0.15, -0.1) is 0 Å². The summed E-state index contributed by atoms with van der Waals surface area (Å²) in [6.45, 7) is 8.28. The van der Waals surface area contributed by atoms with Crippen LogP contribution in [0.1, 0.15) is 26.2 Å². The Balaban J connectivity index is 3.53. The Kier molecular flexibility index (Phi) is 10.3. The van der Waals surface area contributed by atoms with E-state index < -0.39 is 0 Å². The van der Waals surface area contributed by atoms with Crippen LogP contribution in [0.2, 0.25) is 0 Å². The fourth-order valence-electron chi connectivity index (χ4n) is 1.63. The fraction of sp³-hybridized carbons (Fsp3) is 1.00. The molecule has 0 aliphatic carbocycles. The lowest BCUT2D eigenvalue weighted by atomic mass is 10.2. The van der Waals surface area contributed by atoms with Gasteiger partial charge in [0.15, 0.2) is 0 Å². The number of unbranched alkanes of at least 4 members (excludes halogenated alkanes) is 1. The van der Waals surface area contributed by atoms with E-state index >= 15 is 0 Å². The number of likely N-dealkylation sites (N-methyl/N-ethyl adjacent to an activating group) is 1. The smallest absolute Gasteiger partial charge is 0.0109 e. The first-order valence-electron chi connectivity index (χ1n) is 6.22. The van der Waals surface area contributed by atoms with Gasteiger partial charge >= 0.3 is 0 Å². The van der Waals surface area contributed by atoms with Gasteiger partial charge in [-0.3, -0.25) is 0 Å². The third kappa shape index (κ3) is 10.2. The molecular weight excluding hydrogens is 186 g/mol. The van der Waals surface area contributed by atoms with Crippen molar-refractivity contribution in [3.8, 4) is 0 Å². The third-order valence-corrected chi connectivity index (χ3v) is 2.55. The Morgan fingerprint density at radius 1 is 0.933 bits per heavy atom. The molecule has 0 aliphatic heterocycles. The highest BCUT2D eigenvalue weighted by atomic mass is 15.2. The minimum absolute atomic E-state index is 1.15. The zero-order valence-electron chi connectivity index (χ0n) is 11.1. The largest absolute Gasteiger partial charge is 0.320 e. The number of nitrogens with zero attached hydrogens (tertiary/aromatic N) is 2. The molecule has 0 aromatic rings. The lowest BCUT2D eigenvalue weighted by Gasteiger charge is -2.23. The standard InChI is InChI=1S/C12H29N3/c1-5-9-15(12-11-14(3)4)10-7-6-8-13-2/h13H,5-12H2,1-4H3. The van der Waals surface area contributed by atoms with Crippen LogP contribution in [0.4, 0.5) is 0 Å². The minimum atomic E-state index is 1.15. The van der Waals surface area contributed by atoms with Gasteiger partial charge in [0.2, 0.25) is 0 Å². The molecule has 1 N–H and O–H groups in total. The predicted octanol–water partition coefficient (Wildman–Crippen LogP) is 1.26. The summed E-state index contributed by atoms with van der Waals surface area (Å²) in [5.41, 5.74) is 0. The summed E-state index contributed by atoms with van der Waals surface area (Å²) in [6, 6.07) is 0. The summed E-state index contributed by atoms with van der Waals surface area (Å²) in [4.78, 5) is 4.84. The van der Waals surface area contributed by atoms with E-state index in [1.807, 2.05) is 7.05 Å². The molecule has 0 saturated heterocycles. The normalized spacial score (nSPS) is 11.6. The van der Waals surface area contributed by atoms with Crippen molar-refractivity contribution in [3.05, 3.63) is 0 Å². The first-order chi connectivity index (χ1) is 7.20. The molecule has 0 aliphatic rings. The molecule has 0 amide bonds. The molecule has 0 atom stereocenters. The average Bonchev–Trinajstić information content (AvgIpc) is 2.20. The molecule has 0 aromatic carbocycles. The number of rotatable bonds is 10. The lowest BCUT2D eigenvalue weighted by molar-refractivity contribution is 0.237. The highest BCUT2D eigenvalue weighted by Crippen LogP contribution is 1.97. The van der Waals surface area contributed by atoms with Gasteiger partial charge in [0.1, 0.15) is 0 Å². The van der Waals surface area contributed by atoms with Crippen molar-refractivity contribution in [2.75, 3.05) is 53.9 Å². The molecule has 0 bridgehead atoms. The van der Waals surface area contributed by atoms with Crippen LogP contribution in [0.5, 0.6) is 0 Å². The molecule has 0 heterocycles. The zero-order chi connectivity index (χ0) is 11.5. The maximum Gasteiger partial charge on any atom is 0.0109 e. The summed E-state index contributed by atoms with van der Waals surface area (Å²) < 4.78 is 0. The SMILES string of the molecule is CCCN(CCCCNC)CCN(C)C. The van der Waals surface area contributed by atoms with Gasteiger partial charge in [0.25, 0.3) is 0 Å². The van der Waals surface area contributed by atoms with Gasteiger partial charge in [0, 0.05) is 13.1 Å². The monoisotopic (exact) mass is 215 g/mol. The Labute approximate surface area is 95.8 Å².